The van der Waals surface area contributed by atoms with Gasteiger partial charge in [-0.2, -0.15) is 0 Å². The van der Waals surface area contributed by atoms with Gasteiger partial charge in [0.15, 0.2) is 0 Å². The normalized spacial score (nSPS) is 12.1. The molecule has 4 aromatic rings. The summed E-state index contributed by atoms with van der Waals surface area (Å²) in [5, 5.41) is 0.630. The van der Waals surface area contributed by atoms with Crippen molar-refractivity contribution in [3.05, 3.63) is 96.6 Å². The predicted octanol–water partition coefficient (Wildman–Crippen LogP) is 2.59. The summed E-state index contributed by atoms with van der Waals surface area (Å²) >= 11 is 0. The standard InChI is InChI=1S/C22H20N4O4S2/c27-31(28,25-15-17-5-3-11-23-13-17)21-9-1-7-19-20(21)8-2-10-22(19)32(29,30)26-16-18-6-4-12-24-14-18/h1-14,25-26H,15-16H2. The summed E-state index contributed by atoms with van der Waals surface area (Å²) in [6, 6.07) is 16.1. The third-order valence-electron chi connectivity index (χ3n) is 4.80. The highest BCUT2D eigenvalue weighted by Gasteiger charge is 2.22. The van der Waals surface area contributed by atoms with Crippen molar-refractivity contribution in [2.75, 3.05) is 0 Å². The van der Waals surface area contributed by atoms with Crippen molar-refractivity contribution in [1.29, 1.82) is 0 Å². The van der Waals surface area contributed by atoms with Crippen LogP contribution < -0.4 is 9.44 Å². The Morgan fingerprint density at radius 3 is 1.41 bits per heavy atom. The molecular formula is C22H20N4O4S2. The van der Waals surface area contributed by atoms with Crippen LogP contribution >= 0.6 is 0 Å². The van der Waals surface area contributed by atoms with E-state index >= 15 is 0 Å². The zero-order valence-electron chi connectivity index (χ0n) is 16.8. The summed E-state index contributed by atoms with van der Waals surface area (Å²) in [5.41, 5.74) is 1.42. The lowest BCUT2D eigenvalue weighted by Gasteiger charge is -2.13. The van der Waals surface area contributed by atoms with Crippen LogP contribution in [0.4, 0.5) is 0 Å². The number of hydrogen-bond donors (Lipinski definition) is 2. The Bertz CT molecular complexity index is 1330. The van der Waals surface area contributed by atoms with Gasteiger partial charge in [0.2, 0.25) is 20.0 Å². The lowest BCUT2D eigenvalue weighted by molar-refractivity contribution is 0.579. The molecular weight excluding hydrogens is 448 g/mol. The van der Waals surface area contributed by atoms with E-state index in [0.29, 0.717) is 21.9 Å². The molecule has 0 spiro atoms. The van der Waals surface area contributed by atoms with Crippen molar-refractivity contribution in [3.8, 4) is 0 Å². The molecule has 0 amide bonds. The molecule has 8 nitrogen and oxygen atoms in total. The van der Waals surface area contributed by atoms with Crippen molar-refractivity contribution in [3.63, 3.8) is 0 Å². The molecule has 2 aromatic heterocycles. The molecule has 0 aliphatic rings. The average molecular weight is 469 g/mol. The topological polar surface area (TPSA) is 118 Å². The van der Waals surface area contributed by atoms with Gasteiger partial charge in [-0.05, 0) is 35.4 Å². The van der Waals surface area contributed by atoms with Gasteiger partial charge in [0.25, 0.3) is 0 Å². The van der Waals surface area contributed by atoms with Crippen LogP contribution in [0.3, 0.4) is 0 Å². The van der Waals surface area contributed by atoms with Gasteiger partial charge in [-0.3, -0.25) is 9.97 Å². The minimum Gasteiger partial charge on any atom is -0.264 e. The molecule has 2 heterocycles. The van der Waals surface area contributed by atoms with Crippen LogP contribution in [-0.4, -0.2) is 26.8 Å². The molecule has 0 fully saturated rings. The molecule has 32 heavy (non-hydrogen) atoms. The maximum atomic E-state index is 13.0. The lowest BCUT2D eigenvalue weighted by Crippen LogP contribution is -2.24. The van der Waals surface area contributed by atoms with E-state index in [1.165, 1.54) is 24.3 Å². The van der Waals surface area contributed by atoms with E-state index in [4.69, 9.17) is 0 Å². The number of nitrogens with zero attached hydrogens (tertiary/aromatic N) is 2. The highest BCUT2D eigenvalue weighted by Crippen LogP contribution is 2.28. The Morgan fingerprint density at radius 1 is 0.594 bits per heavy atom. The van der Waals surface area contributed by atoms with E-state index in [0.717, 1.165) is 0 Å². The molecule has 0 unspecified atom stereocenters. The number of sulfonamides is 2. The highest BCUT2D eigenvalue weighted by molar-refractivity contribution is 7.90. The second-order valence-corrected chi connectivity index (χ2v) is 10.4. The molecule has 0 radical (unpaired) electrons. The fraction of sp³-hybridized carbons (Fsp3) is 0.0909. The summed E-state index contributed by atoms with van der Waals surface area (Å²) in [5.74, 6) is 0. The largest absolute Gasteiger partial charge is 0.264 e. The SMILES string of the molecule is O=S(=O)(NCc1cccnc1)c1cccc2c(S(=O)(=O)NCc3cccnc3)cccc12. The van der Waals surface area contributed by atoms with Crippen LogP contribution in [0.1, 0.15) is 11.1 Å². The van der Waals surface area contributed by atoms with Crippen LogP contribution in [0.2, 0.25) is 0 Å². The van der Waals surface area contributed by atoms with Crippen LogP contribution in [-0.2, 0) is 33.1 Å². The van der Waals surface area contributed by atoms with Crippen molar-refractivity contribution < 1.29 is 16.8 Å². The summed E-state index contributed by atoms with van der Waals surface area (Å²) in [4.78, 5) is 7.95. The Hall–Kier alpha value is -3.18. The highest BCUT2D eigenvalue weighted by atomic mass is 32.2. The first-order valence-corrected chi connectivity index (χ1v) is 12.6. The molecule has 0 saturated carbocycles. The molecule has 4 rings (SSSR count). The van der Waals surface area contributed by atoms with Crippen molar-refractivity contribution in [2.24, 2.45) is 0 Å². The van der Waals surface area contributed by atoms with E-state index in [-0.39, 0.29) is 22.9 Å². The first-order valence-electron chi connectivity index (χ1n) is 9.66. The molecule has 164 valence electrons. The van der Waals surface area contributed by atoms with Gasteiger partial charge in [-0.1, -0.05) is 36.4 Å². The monoisotopic (exact) mass is 468 g/mol. The number of benzene rings is 2. The van der Waals surface area contributed by atoms with Crippen molar-refractivity contribution in [2.45, 2.75) is 22.9 Å². The second-order valence-electron chi connectivity index (χ2n) is 6.98. The zero-order valence-corrected chi connectivity index (χ0v) is 18.5. The predicted molar refractivity (Wildman–Crippen MR) is 120 cm³/mol. The average Bonchev–Trinajstić information content (AvgIpc) is 2.82. The minimum absolute atomic E-state index is 0.00296. The van der Waals surface area contributed by atoms with Gasteiger partial charge in [0, 0.05) is 48.6 Å². The molecule has 0 aliphatic heterocycles. The summed E-state index contributed by atoms with van der Waals surface area (Å²) in [6.45, 7) is 0.133. The van der Waals surface area contributed by atoms with Gasteiger partial charge in [-0.25, -0.2) is 26.3 Å². The number of aromatic nitrogens is 2. The molecule has 2 aromatic carbocycles. The molecule has 0 bridgehead atoms. The fourth-order valence-corrected chi connectivity index (χ4v) is 5.71. The van der Waals surface area contributed by atoms with Gasteiger partial charge >= 0.3 is 0 Å². The molecule has 2 N–H and O–H groups in total. The van der Waals surface area contributed by atoms with Gasteiger partial charge in [-0.15, -0.1) is 0 Å². The van der Waals surface area contributed by atoms with E-state index < -0.39 is 20.0 Å². The number of hydrogen-bond acceptors (Lipinski definition) is 6. The Kier molecular flexibility index (Phi) is 6.28. The zero-order chi connectivity index (χ0) is 22.6. The van der Waals surface area contributed by atoms with Crippen LogP contribution in [0, 0.1) is 0 Å². The van der Waals surface area contributed by atoms with Crippen LogP contribution in [0.15, 0.2) is 95.2 Å². The van der Waals surface area contributed by atoms with E-state index in [2.05, 4.69) is 19.4 Å². The maximum absolute atomic E-state index is 13.0. The minimum atomic E-state index is -3.90. The van der Waals surface area contributed by atoms with E-state index in [9.17, 15) is 16.8 Å². The van der Waals surface area contributed by atoms with Gasteiger partial charge in [0.1, 0.15) is 0 Å². The van der Waals surface area contributed by atoms with E-state index in [1.807, 2.05) is 0 Å². The Morgan fingerprint density at radius 2 is 1.03 bits per heavy atom. The fourth-order valence-electron chi connectivity index (χ4n) is 3.24. The third-order valence-corrected chi connectivity index (χ3v) is 7.72. The van der Waals surface area contributed by atoms with Crippen molar-refractivity contribution in [1.82, 2.24) is 19.4 Å². The smallest absolute Gasteiger partial charge is 0.241 e. The molecule has 0 aliphatic carbocycles. The number of nitrogens with one attached hydrogen (secondary N) is 2. The molecule has 10 heteroatoms. The third kappa shape index (κ3) is 4.83. The lowest BCUT2D eigenvalue weighted by atomic mass is 10.1. The first kappa shape index (κ1) is 22.0. The van der Waals surface area contributed by atoms with Gasteiger partial charge in [0.05, 0.1) is 9.79 Å². The number of pyridine rings is 2. The van der Waals surface area contributed by atoms with Crippen molar-refractivity contribution >= 4 is 30.8 Å². The van der Waals surface area contributed by atoms with E-state index in [1.54, 1.807) is 61.2 Å². The number of fused-ring (bicyclic) bond motifs is 1. The molecule has 0 atom stereocenters. The van der Waals surface area contributed by atoms with Crippen LogP contribution in [0.25, 0.3) is 10.8 Å². The Balaban J connectivity index is 1.66. The maximum Gasteiger partial charge on any atom is 0.241 e. The summed E-state index contributed by atoms with van der Waals surface area (Å²) in [6.07, 6.45) is 6.36. The first-order chi connectivity index (χ1) is 15.4. The summed E-state index contributed by atoms with van der Waals surface area (Å²) in [7, 11) is -7.81. The second kappa shape index (κ2) is 9.13. The Labute approximate surface area is 186 Å². The number of rotatable bonds is 8. The van der Waals surface area contributed by atoms with Gasteiger partial charge < -0.3 is 0 Å². The summed E-state index contributed by atoms with van der Waals surface area (Å²) < 4.78 is 57.0. The van der Waals surface area contributed by atoms with Crippen LogP contribution in [0.5, 0.6) is 0 Å². The quantitative estimate of drug-likeness (QED) is 0.410. The molecule has 0 saturated heterocycles.